The van der Waals surface area contributed by atoms with Crippen LogP contribution in [0.1, 0.15) is 33.1 Å². The smallest absolute Gasteiger partial charge is 0.240 e. The standard InChI is InChI=1S/C14H21N3O3/c1-8-12-11(17(9(2)18)13(8)19)5-7-16(12)14(20)10-4-3-6-15-10/h8,10-12,15H,3-7H2,1-2H3/t8-,10+,11-,12+/m1/s1. The number of rotatable bonds is 1. The van der Waals surface area contributed by atoms with Crippen molar-refractivity contribution in [2.75, 3.05) is 13.1 Å². The summed E-state index contributed by atoms with van der Waals surface area (Å²) in [5, 5.41) is 3.22. The summed E-state index contributed by atoms with van der Waals surface area (Å²) in [6.07, 6.45) is 2.59. The summed E-state index contributed by atoms with van der Waals surface area (Å²) in [4.78, 5) is 39.6. The molecular formula is C14H21N3O3. The molecule has 0 bridgehead atoms. The van der Waals surface area contributed by atoms with E-state index >= 15 is 0 Å². The normalized spacial score (nSPS) is 36.6. The van der Waals surface area contributed by atoms with Gasteiger partial charge in [0.05, 0.1) is 24.0 Å². The van der Waals surface area contributed by atoms with Gasteiger partial charge in [-0.15, -0.1) is 0 Å². The van der Waals surface area contributed by atoms with Gasteiger partial charge < -0.3 is 10.2 Å². The number of likely N-dealkylation sites (tertiary alicyclic amines) is 2. The number of hydrogen-bond donors (Lipinski definition) is 1. The zero-order chi connectivity index (χ0) is 14.4. The molecule has 3 rings (SSSR count). The van der Waals surface area contributed by atoms with Crippen LogP contribution in [0, 0.1) is 5.92 Å². The van der Waals surface area contributed by atoms with E-state index in [9.17, 15) is 14.4 Å². The molecule has 0 saturated carbocycles. The molecule has 0 radical (unpaired) electrons. The third-order valence-electron chi connectivity index (χ3n) is 4.87. The lowest BCUT2D eigenvalue weighted by atomic mass is 10.0. The van der Waals surface area contributed by atoms with Crippen molar-refractivity contribution >= 4 is 17.7 Å². The Morgan fingerprint density at radius 3 is 2.65 bits per heavy atom. The summed E-state index contributed by atoms with van der Waals surface area (Å²) in [6, 6.07) is -0.371. The molecule has 110 valence electrons. The molecule has 3 aliphatic rings. The number of fused-ring (bicyclic) bond motifs is 1. The molecule has 3 saturated heterocycles. The predicted octanol–water partition coefficient (Wildman–Crippen LogP) is -0.267. The Morgan fingerprint density at radius 1 is 1.30 bits per heavy atom. The highest BCUT2D eigenvalue weighted by Crippen LogP contribution is 2.37. The van der Waals surface area contributed by atoms with Gasteiger partial charge in [-0.3, -0.25) is 19.3 Å². The number of nitrogens with one attached hydrogen (secondary N) is 1. The molecule has 1 N–H and O–H groups in total. The largest absolute Gasteiger partial charge is 0.335 e. The molecule has 20 heavy (non-hydrogen) atoms. The van der Waals surface area contributed by atoms with Crippen molar-refractivity contribution < 1.29 is 14.4 Å². The summed E-state index contributed by atoms with van der Waals surface area (Å²) < 4.78 is 0. The third kappa shape index (κ3) is 1.85. The van der Waals surface area contributed by atoms with Crippen molar-refractivity contribution in [3.63, 3.8) is 0 Å². The second kappa shape index (κ2) is 4.84. The van der Waals surface area contributed by atoms with E-state index in [4.69, 9.17) is 0 Å². The molecule has 3 amide bonds. The van der Waals surface area contributed by atoms with Crippen molar-refractivity contribution in [1.82, 2.24) is 15.1 Å². The molecule has 4 atom stereocenters. The highest BCUT2D eigenvalue weighted by atomic mass is 16.2. The van der Waals surface area contributed by atoms with Gasteiger partial charge in [0.15, 0.2) is 0 Å². The Hall–Kier alpha value is -1.43. The first-order valence-corrected chi connectivity index (χ1v) is 7.40. The average molecular weight is 279 g/mol. The summed E-state index contributed by atoms with van der Waals surface area (Å²) in [6.45, 7) is 4.78. The molecule has 0 aromatic heterocycles. The summed E-state index contributed by atoms with van der Waals surface area (Å²) in [7, 11) is 0. The van der Waals surface area contributed by atoms with E-state index in [-0.39, 0.29) is 41.8 Å². The maximum Gasteiger partial charge on any atom is 0.240 e. The topological polar surface area (TPSA) is 69.7 Å². The SMILES string of the molecule is CC(=O)N1C(=O)[C@H](C)[C@H]2[C@H]1CCN2C(=O)[C@@H]1CCCN1. The lowest BCUT2D eigenvalue weighted by Crippen LogP contribution is -2.49. The van der Waals surface area contributed by atoms with Crippen LogP contribution < -0.4 is 5.32 Å². The molecule has 3 heterocycles. The predicted molar refractivity (Wildman–Crippen MR) is 71.6 cm³/mol. The molecule has 0 unspecified atom stereocenters. The first-order chi connectivity index (χ1) is 9.52. The third-order valence-corrected chi connectivity index (χ3v) is 4.87. The van der Waals surface area contributed by atoms with E-state index in [0.29, 0.717) is 13.0 Å². The zero-order valence-electron chi connectivity index (χ0n) is 12.0. The molecular weight excluding hydrogens is 258 g/mol. The summed E-state index contributed by atoms with van der Waals surface area (Å²) in [5.41, 5.74) is 0. The molecule has 0 aromatic rings. The van der Waals surface area contributed by atoms with Crippen LogP contribution in [0.3, 0.4) is 0 Å². The van der Waals surface area contributed by atoms with Crippen LogP contribution in [0.2, 0.25) is 0 Å². The van der Waals surface area contributed by atoms with Crippen molar-refractivity contribution in [3.8, 4) is 0 Å². The Kier molecular flexibility index (Phi) is 3.28. The number of nitrogens with zero attached hydrogens (tertiary/aromatic N) is 2. The Labute approximate surface area is 118 Å². The van der Waals surface area contributed by atoms with Gasteiger partial charge in [-0.05, 0) is 25.8 Å². The minimum absolute atomic E-state index is 0.0973. The van der Waals surface area contributed by atoms with Crippen LogP contribution in [-0.4, -0.2) is 58.7 Å². The van der Waals surface area contributed by atoms with E-state index in [2.05, 4.69) is 5.32 Å². The quantitative estimate of drug-likeness (QED) is 0.717. The van der Waals surface area contributed by atoms with Crippen molar-refractivity contribution in [2.45, 2.75) is 51.2 Å². The summed E-state index contributed by atoms with van der Waals surface area (Å²) in [5.74, 6) is -0.524. The van der Waals surface area contributed by atoms with Crippen LogP contribution in [0.25, 0.3) is 0 Å². The number of amides is 3. The maximum absolute atomic E-state index is 12.6. The fourth-order valence-corrected chi connectivity index (χ4v) is 3.95. The van der Waals surface area contributed by atoms with Crippen LogP contribution in [-0.2, 0) is 14.4 Å². The van der Waals surface area contributed by atoms with Crippen molar-refractivity contribution in [2.24, 2.45) is 5.92 Å². The molecule has 0 aliphatic carbocycles. The average Bonchev–Trinajstić information content (AvgIpc) is 3.09. The highest BCUT2D eigenvalue weighted by molar-refractivity contribution is 5.99. The second-order valence-corrected chi connectivity index (χ2v) is 6.04. The van der Waals surface area contributed by atoms with Gasteiger partial charge in [-0.2, -0.15) is 0 Å². The molecule has 0 aromatic carbocycles. The molecule has 3 fully saturated rings. The fraction of sp³-hybridized carbons (Fsp3) is 0.786. The van der Waals surface area contributed by atoms with Gasteiger partial charge in [0.2, 0.25) is 17.7 Å². The van der Waals surface area contributed by atoms with Gasteiger partial charge >= 0.3 is 0 Å². The molecule has 6 nitrogen and oxygen atoms in total. The van der Waals surface area contributed by atoms with E-state index in [1.54, 1.807) is 0 Å². The van der Waals surface area contributed by atoms with E-state index in [1.165, 1.54) is 11.8 Å². The van der Waals surface area contributed by atoms with Gasteiger partial charge in [-0.25, -0.2) is 0 Å². The van der Waals surface area contributed by atoms with Crippen LogP contribution in [0.5, 0.6) is 0 Å². The fourth-order valence-electron chi connectivity index (χ4n) is 3.95. The summed E-state index contributed by atoms with van der Waals surface area (Å²) >= 11 is 0. The van der Waals surface area contributed by atoms with Gasteiger partial charge in [-0.1, -0.05) is 6.92 Å². The van der Waals surface area contributed by atoms with E-state index in [0.717, 1.165) is 19.4 Å². The molecule has 0 spiro atoms. The highest BCUT2D eigenvalue weighted by Gasteiger charge is 2.54. The minimum Gasteiger partial charge on any atom is -0.335 e. The Morgan fingerprint density at radius 2 is 2.05 bits per heavy atom. The first-order valence-electron chi connectivity index (χ1n) is 7.40. The number of carbonyl (C=O) groups excluding carboxylic acids is 3. The van der Waals surface area contributed by atoms with Crippen molar-refractivity contribution in [1.29, 1.82) is 0 Å². The monoisotopic (exact) mass is 279 g/mol. The van der Waals surface area contributed by atoms with Gasteiger partial charge in [0.25, 0.3) is 0 Å². The molecule has 3 aliphatic heterocycles. The number of hydrogen-bond acceptors (Lipinski definition) is 4. The second-order valence-electron chi connectivity index (χ2n) is 6.04. The maximum atomic E-state index is 12.6. The van der Waals surface area contributed by atoms with Crippen molar-refractivity contribution in [3.05, 3.63) is 0 Å². The Bertz CT molecular complexity index is 459. The number of carbonyl (C=O) groups is 3. The first kappa shape index (κ1) is 13.5. The molecule has 6 heteroatoms. The van der Waals surface area contributed by atoms with E-state index < -0.39 is 0 Å². The number of imide groups is 1. The van der Waals surface area contributed by atoms with Gasteiger partial charge in [0.1, 0.15) is 0 Å². The minimum atomic E-state index is -0.281. The van der Waals surface area contributed by atoms with E-state index in [1.807, 2.05) is 11.8 Å². The van der Waals surface area contributed by atoms with Crippen LogP contribution >= 0.6 is 0 Å². The van der Waals surface area contributed by atoms with Gasteiger partial charge in [0, 0.05) is 13.5 Å². The van der Waals surface area contributed by atoms with Crippen LogP contribution in [0.4, 0.5) is 0 Å². The lowest BCUT2D eigenvalue weighted by Gasteiger charge is -2.28. The lowest BCUT2D eigenvalue weighted by molar-refractivity contribution is -0.143. The Balaban J connectivity index is 1.81. The van der Waals surface area contributed by atoms with Crippen LogP contribution in [0.15, 0.2) is 0 Å². The zero-order valence-corrected chi connectivity index (χ0v) is 12.0.